The van der Waals surface area contributed by atoms with Crippen molar-refractivity contribution in [3.8, 4) is 11.4 Å². The first kappa shape index (κ1) is 11.9. The van der Waals surface area contributed by atoms with Gasteiger partial charge in [0.1, 0.15) is 10.8 Å². The lowest BCUT2D eigenvalue weighted by Gasteiger charge is -2.07. The average molecular weight is 262 g/mol. The van der Waals surface area contributed by atoms with E-state index in [0.717, 1.165) is 12.1 Å². The lowest BCUT2D eigenvalue weighted by Crippen LogP contribution is -2.06. The molecule has 2 aromatic rings. The van der Waals surface area contributed by atoms with Crippen molar-refractivity contribution in [1.82, 2.24) is 14.8 Å². The summed E-state index contributed by atoms with van der Waals surface area (Å²) in [5, 5.41) is 3.77. The highest BCUT2D eigenvalue weighted by Gasteiger charge is 2.31. The second kappa shape index (κ2) is 4.03. The molecule has 0 amide bonds. The maximum atomic E-state index is 12.6. The van der Waals surface area contributed by atoms with Crippen LogP contribution in [0, 0.1) is 0 Å². The first-order valence-electron chi connectivity index (χ1n) is 4.61. The van der Waals surface area contributed by atoms with Crippen molar-refractivity contribution in [3.63, 3.8) is 0 Å². The minimum absolute atomic E-state index is 0.102. The van der Waals surface area contributed by atoms with E-state index < -0.39 is 11.7 Å². The molecule has 3 nitrogen and oxygen atoms in total. The summed E-state index contributed by atoms with van der Waals surface area (Å²) in [6, 6.07) is 3.28. The third kappa shape index (κ3) is 2.58. The molecule has 0 aromatic carbocycles. The predicted octanol–water partition coefficient (Wildman–Crippen LogP) is 3.15. The van der Waals surface area contributed by atoms with Gasteiger partial charge in [0.05, 0.1) is 11.3 Å². The average Bonchev–Trinajstić information content (AvgIpc) is 2.62. The Morgan fingerprint density at radius 3 is 2.47 bits per heavy atom. The van der Waals surface area contributed by atoms with Gasteiger partial charge in [-0.15, -0.1) is 0 Å². The predicted molar refractivity (Wildman–Crippen MR) is 56.5 cm³/mol. The van der Waals surface area contributed by atoms with E-state index in [0.29, 0.717) is 5.69 Å². The summed E-state index contributed by atoms with van der Waals surface area (Å²) in [5.74, 6) is 0. The Morgan fingerprint density at radius 1 is 1.24 bits per heavy atom. The number of nitrogens with zero attached hydrogens (tertiary/aromatic N) is 3. The van der Waals surface area contributed by atoms with Crippen LogP contribution >= 0.6 is 11.6 Å². The van der Waals surface area contributed by atoms with Crippen molar-refractivity contribution in [3.05, 3.63) is 35.1 Å². The fraction of sp³-hybridized carbons (Fsp3) is 0.200. The SMILES string of the molecule is Cn1ccc(-c2cc(C(F)(F)F)cc(Cl)n2)n1. The van der Waals surface area contributed by atoms with Crippen LogP contribution in [-0.2, 0) is 13.2 Å². The van der Waals surface area contributed by atoms with E-state index in [2.05, 4.69) is 10.1 Å². The third-order valence-electron chi connectivity index (χ3n) is 2.10. The molecule has 0 aliphatic rings. The van der Waals surface area contributed by atoms with Gasteiger partial charge >= 0.3 is 6.18 Å². The fourth-order valence-corrected chi connectivity index (χ4v) is 1.55. The first-order valence-corrected chi connectivity index (χ1v) is 4.99. The zero-order valence-corrected chi connectivity index (χ0v) is 9.42. The van der Waals surface area contributed by atoms with Gasteiger partial charge in [0.15, 0.2) is 0 Å². The lowest BCUT2D eigenvalue weighted by molar-refractivity contribution is -0.137. The van der Waals surface area contributed by atoms with E-state index in [1.54, 1.807) is 19.3 Å². The minimum atomic E-state index is -4.45. The molecular formula is C10H7ClF3N3. The maximum Gasteiger partial charge on any atom is 0.416 e. The van der Waals surface area contributed by atoms with Crippen LogP contribution in [0.1, 0.15) is 5.56 Å². The number of aromatic nitrogens is 3. The molecule has 0 atom stereocenters. The molecule has 0 unspecified atom stereocenters. The van der Waals surface area contributed by atoms with Gasteiger partial charge in [-0.1, -0.05) is 11.6 Å². The largest absolute Gasteiger partial charge is 0.416 e. The number of aryl methyl sites for hydroxylation is 1. The van der Waals surface area contributed by atoms with Gasteiger partial charge in [-0.3, -0.25) is 4.68 Å². The molecule has 0 fully saturated rings. The van der Waals surface area contributed by atoms with E-state index >= 15 is 0 Å². The minimum Gasteiger partial charge on any atom is -0.275 e. The zero-order chi connectivity index (χ0) is 12.6. The van der Waals surface area contributed by atoms with Gasteiger partial charge in [0.2, 0.25) is 0 Å². The molecule has 0 N–H and O–H groups in total. The Kier molecular flexibility index (Phi) is 2.82. The number of alkyl halides is 3. The summed E-state index contributed by atoms with van der Waals surface area (Å²) in [4.78, 5) is 3.82. The van der Waals surface area contributed by atoms with Gasteiger partial charge in [0, 0.05) is 13.2 Å². The van der Waals surface area contributed by atoms with Crippen LogP contribution < -0.4 is 0 Å². The summed E-state index contributed by atoms with van der Waals surface area (Å²) in [7, 11) is 1.67. The molecule has 0 aliphatic heterocycles. The van der Waals surface area contributed by atoms with Gasteiger partial charge in [-0.05, 0) is 18.2 Å². The number of hydrogen-bond acceptors (Lipinski definition) is 2. The fourth-order valence-electron chi connectivity index (χ4n) is 1.34. The topological polar surface area (TPSA) is 30.7 Å². The first-order chi connectivity index (χ1) is 7.86. The van der Waals surface area contributed by atoms with Crippen LogP contribution in [0.15, 0.2) is 24.4 Å². The van der Waals surface area contributed by atoms with Crippen molar-refractivity contribution >= 4 is 11.6 Å². The molecule has 0 bridgehead atoms. The molecule has 0 radical (unpaired) electrons. The van der Waals surface area contributed by atoms with E-state index in [-0.39, 0.29) is 10.8 Å². The molecule has 7 heteroatoms. The number of hydrogen-bond donors (Lipinski definition) is 0. The smallest absolute Gasteiger partial charge is 0.275 e. The Balaban J connectivity index is 2.52. The lowest BCUT2D eigenvalue weighted by atomic mass is 10.2. The molecule has 17 heavy (non-hydrogen) atoms. The van der Waals surface area contributed by atoms with Crippen LogP contribution in [0.5, 0.6) is 0 Å². The summed E-state index contributed by atoms with van der Waals surface area (Å²) >= 11 is 5.57. The van der Waals surface area contributed by atoms with Crippen molar-refractivity contribution in [2.75, 3.05) is 0 Å². The number of pyridine rings is 1. The number of rotatable bonds is 1. The van der Waals surface area contributed by atoms with E-state index in [9.17, 15) is 13.2 Å². The molecule has 2 aromatic heterocycles. The number of halogens is 4. The maximum absolute atomic E-state index is 12.6. The van der Waals surface area contributed by atoms with Crippen molar-refractivity contribution in [2.24, 2.45) is 7.05 Å². The highest BCUT2D eigenvalue weighted by molar-refractivity contribution is 6.29. The second-order valence-corrected chi connectivity index (χ2v) is 3.82. The Hall–Kier alpha value is -1.56. The van der Waals surface area contributed by atoms with Gasteiger partial charge in [-0.2, -0.15) is 18.3 Å². The van der Waals surface area contributed by atoms with Gasteiger partial charge in [-0.25, -0.2) is 4.98 Å². The molecular weight excluding hydrogens is 255 g/mol. The summed E-state index contributed by atoms with van der Waals surface area (Å²) in [6.07, 6.45) is -2.83. The second-order valence-electron chi connectivity index (χ2n) is 3.44. The monoisotopic (exact) mass is 261 g/mol. The molecule has 90 valence electrons. The van der Waals surface area contributed by atoms with Crippen LogP contribution in [0.3, 0.4) is 0 Å². The van der Waals surface area contributed by atoms with E-state index in [1.807, 2.05) is 0 Å². The van der Waals surface area contributed by atoms with Crippen molar-refractivity contribution in [1.29, 1.82) is 0 Å². The molecule has 0 spiro atoms. The summed E-state index contributed by atoms with van der Waals surface area (Å²) in [6.45, 7) is 0. The molecule has 2 heterocycles. The van der Waals surface area contributed by atoms with Crippen LogP contribution in [0.2, 0.25) is 5.15 Å². The quantitative estimate of drug-likeness (QED) is 0.738. The van der Waals surface area contributed by atoms with E-state index in [1.165, 1.54) is 4.68 Å². The highest BCUT2D eigenvalue weighted by atomic mass is 35.5. The summed E-state index contributed by atoms with van der Waals surface area (Å²) < 4.78 is 39.1. The van der Waals surface area contributed by atoms with Gasteiger partial charge < -0.3 is 0 Å². The third-order valence-corrected chi connectivity index (χ3v) is 2.29. The molecule has 2 rings (SSSR count). The normalized spacial score (nSPS) is 11.8. The highest BCUT2D eigenvalue weighted by Crippen LogP contribution is 2.32. The molecule has 0 saturated carbocycles. The van der Waals surface area contributed by atoms with E-state index in [4.69, 9.17) is 11.6 Å². The summed E-state index contributed by atoms with van der Waals surface area (Å²) in [5.41, 5.74) is -0.385. The Labute approximate surface area is 99.8 Å². The standard InChI is InChI=1S/C10H7ClF3N3/c1-17-3-2-7(16-17)8-4-6(10(12,13)14)5-9(11)15-8/h2-5H,1H3. The van der Waals surface area contributed by atoms with Crippen molar-refractivity contribution in [2.45, 2.75) is 6.18 Å². The van der Waals surface area contributed by atoms with Crippen LogP contribution in [0.4, 0.5) is 13.2 Å². The Bertz CT molecular complexity index is 548. The van der Waals surface area contributed by atoms with Crippen molar-refractivity contribution < 1.29 is 13.2 Å². The Morgan fingerprint density at radius 2 is 1.94 bits per heavy atom. The molecule has 0 aliphatic carbocycles. The van der Waals surface area contributed by atoms with Crippen LogP contribution in [-0.4, -0.2) is 14.8 Å². The zero-order valence-electron chi connectivity index (χ0n) is 8.66. The van der Waals surface area contributed by atoms with Crippen LogP contribution in [0.25, 0.3) is 11.4 Å². The molecule has 0 saturated heterocycles. The van der Waals surface area contributed by atoms with Gasteiger partial charge in [0.25, 0.3) is 0 Å².